The molecular formula is C22H25NO6S. The maximum absolute atomic E-state index is 12.8. The first-order valence-corrected chi connectivity index (χ1v) is 10.9. The van der Waals surface area contributed by atoms with Gasteiger partial charge >= 0.3 is 11.9 Å². The van der Waals surface area contributed by atoms with Crippen molar-refractivity contribution in [2.24, 2.45) is 0 Å². The van der Waals surface area contributed by atoms with Crippen molar-refractivity contribution < 1.29 is 28.3 Å². The maximum Gasteiger partial charge on any atom is 0.341 e. The first kappa shape index (κ1) is 21.8. The normalized spacial score (nSPS) is 14.2. The third kappa shape index (κ3) is 5.18. The molecule has 0 bridgehead atoms. The van der Waals surface area contributed by atoms with Crippen LogP contribution in [0.1, 0.15) is 59.7 Å². The molecule has 0 aliphatic heterocycles. The minimum absolute atomic E-state index is 0.258. The van der Waals surface area contributed by atoms with Gasteiger partial charge in [0.1, 0.15) is 10.8 Å². The van der Waals surface area contributed by atoms with E-state index in [1.807, 2.05) is 0 Å². The Morgan fingerprint density at radius 1 is 1.27 bits per heavy atom. The monoisotopic (exact) mass is 431 g/mol. The molecule has 0 saturated heterocycles. The lowest BCUT2D eigenvalue weighted by atomic mass is 9.95. The molecule has 2 heterocycles. The van der Waals surface area contributed by atoms with Gasteiger partial charge in [-0.15, -0.1) is 11.3 Å². The van der Waals surface area contributed by atoms with Gasteiger partial charge in [0.05, 0.1) is 18.4 Å². The molecule has 1 unspecified atom stereocenters. The highest BCUT2D eigenvalue weighted by Gasteiger charge is 2.29. The van der Waals surface area contributed by atoms with E-state index in [1.165, 1.54) is 29.8 Å². The van der Waals surface area contributed by atoms with Crippen molar-refractivity contribution in [1.29, 1.82) is 0 Å². The van der Waals surface area contributed by atoms with Crippen molar-refractivity contribution in [1.82, 2.24) is 0 Å². The number of esters is 2. The van der Waals surface area contributed by atoms with Gasteiger partial charge in [-0.25, -0.2) is 9.59 Å². The fourth-order valence-electron chi connectivity index (χ4n) is 3.30. The predicted molar refractivity (Wildman–Crippen MR) is 113 cm³/mol. The van der Waals surface area contributed by atoms with Crippen LogP contribution in [-0.2, 0) is 31.9 Å². The molecule has 160 valence electrons. The summed E-state index contributed by atoms with van der Waals surface area (Å²) in [5, 5.41) is 3.26. The van der Waals surface area contributed by atoms with Crippen LogP contribution in [0.2, 0.25) is 0 Å². The van der Waals surface area contributed by atoms with E-state index in [9.17, 15) is 14.4 Å². The van der Waals surface area contributed by atoms with Crippen LogP contribution in [0.5, 0.6) is 0 Å². The van der Waals surface area contributed by atoms with E-state index in [0.717, 1.165) is 36.1 Å². The number of furan rings is 1. The maximum atomic E-state index is 12.8. The zero-order valence-corrected chi connectivity index (χ0v) is 17.9. The van der Waals surface area contributed by atoms with E-state index in [2.05, 4.69) is 5.32 Å². The zero-order chi connectivity index (χ0) is 21.5. The molecule has 8 heteroatoms. The molecular weight excluding hydrogens is 406 g/mol. The summed E-state index contributed by atoms with van der Waals surface area (Å²) < 4.78 is 15.6. The number of nitrogens with one attached hydrogen (secondary N) is 1. The van der Waals surface area contributed by atoms with Crippen molar-refractivity contribution in [2.45, 2.75) is 52.1 Å². The summed E-state index contributed by atoms with van der Waals surface area (Å²) in [6, 6.07) is 3.40. The fraction of sp³-hybridized carbons (Fsp3) is 0.409. The first-order valence-electron chi connectivity index (χ1n) is 10.1. The fourth-order valence-corrected chi connectivity index (χ4v) is 4.58. The number of rotatable bonds is 8. The Morgan fingerprint density at radius 3 is 2.77 bits per heavy atom. The number of hydrogen-bond acceptors (Lipinski definition) is 7. The molecule has 0 fully saturated rings. The Morgan fingerprint density at radius 2 is 2.07 bits per heavy atom. The van der Waals surface area contributed by atoms with Gasteiger partial charge in [0, 0.05) is 11.0 Å². The summed E-state index contributed by atoms with van der Waals surface area (Å²) in [6.07, 6.45) is 7.23. The van der Waals surface area contributed by atoms with Gasteiger partial charge in [0.15, 0.2) is 6.10 Å². The van der Waals surface area contributed by atoms with Crippen LogP contribution in [0.3, 0.4) is 0 Å². The molecule has 0 aromatic carbocycles. The standard InChI is InChI=1S/C22H25NO6S/c1-3-16(29-18(24)12-11-14-8-7-13-28-14)20(25)23-21-19(22(26)27-4-2)15-9-5-6-10-17(15)30-21/h7-8,11-13,16H,3-6,9-10H2,1-2H3,(H,23,25)/b12-11+. The minimum atomic E-state index is -0.979. The molecule has 0 saturated carbocycles. The summed E-state index contributed by atoms with van der Waals surface area (Å²) in [7, 11) is 0. The third-order valence-electron chi connectivity index (χ3n) is 4.74. The smallest absolute Gasteiger partial charge is 0.341 e. The summed E-state index contributed by atoms with van der Waals surface area (Å²) in [5.74, 6) is -1.04. The highest BCUT2D eigenvalue weighted by molar-refractivity contribution is 7.17. The lowest BCUT2D eigenvalue weighted by molar-refractivity contribution is -0.149. The molecule has 1 N–H and O–H groups in total. The number of amides is 1. The SMILES string of the molecule is CCOC(=O)c1c(NC(=O)C(CC)OC(=O)/C=C/c2ccco2)sc2c1CCCC2. The predicted octanol–water partition coefficient (Wildman–Crippen LogP) is 4.37. The second kappa shape index (κ2) is 10.2. The number of aryl methyl sites for hydroxylation is 1. The molecule has 0 radical (unpaired) electrons. The Hall–Kier alpha value is -2.87. The van der Waals surface area contributed by atoms with Crippen LogP contribution in [0.4, 0.5) is 5.00 Å². The molecule has 0 spiro atoms. The van der Waals surface area contributed by atoms with Crippen molar-refractivity contribution in [3.05, 3.63) is 46.2 Å². The Bertz CT molecular complexity index is 928. The second-order valence-electron chi connectivity index (χ2n) is 6.81. The third-order valence-corrected chi connectivity index (χ3v) is 5.94. The van der Waals surface area contributed by atoms with Gasteiger partial charge in [0.2, 0.25) is 0 Å². The summed E-state index contributed by atoms with van der Waals surface area (Å²) in [6.45, 7) is 3.76. The minimum Gasteiger partial charge on any atom is -0.465 e. The Labute approximate surface area is 179 Å². The molecule has 2 aromatic rings. The number of carbonyl (C=O) groups is 3. The summed E-state index contributed by atoms with van der Waals surface area (Å²) in [4.78, 5) is 38.5. The molecule has 7 nitrogen and oxygen atoms in total. The lowest BCUT2D eigenvalue weighted by Gasteiger charge is -2.15. The number of thiophene rings is 1. The highest BCUT2D eigenvalue weighted by Crippen LogP contribution is 2.38. The quantitative estimate of drug-likeness (QED) is 0.493. The number of fused-ring (bicyclic) bond motifs is 1. The van der Waals surface area contributed by atoms with Crippen molar-refractivity contribution >= 4 is 40.3 Å². The van der Waals surface area contributed by atoms with Crippen molar-refractivity contribution in [3.8, 4) is 0 Å². The average molecular weight is 432 g/mol. The van der Waals surface area contributed by atoms with Gasteiger partial charge in [-0.3, -0.25) is 4.79 Å². The largest absolute Gasteiger partial charge is 0.465 e. The van der Waals surface area contributed by atoms with Gasteiger partial charge in [-0.2, -0.15) is 0 Å². The van der Waals surface area contributed by atoms with E-state index in [1.54, 1.807) is 26.0 Å². The molecule has 3 rings (SSSR count). The van der Waals surface area contributed by atoms with Crippen LogP contribution in [0.25, 0.3) is 6.08 Å². The molecule has 1 atom stereocenters. The number of anilines is 1. The second-order valence-corrected chi connectivity index (χ2v) is 7.91. The summed E-state index contributed by atoms with van der Waals surface area (Å²) >= 11 is 1.40. The van der Waals surface area contributed by atoms with Gasteiger partial charge in [-0.05, 0) is 62.8 Å². The first-order chi connectivity index (χ1) is 14.5. The van der Waals surface area contributed by atoms with E-state index >= 15 is 0 Å². The van der Waals surface area contributed by atoms with E-state index in [4.69, 9.17) is 13.9 Å². The van der Waals surface area contributed by atoms with Crippen LogP contribution in [0.15, 0.2) is 28.9 Å². The van der Waals surface area contributed by atoms with Gasteiger partial charge in [-0.1, -0.05) is 6.92 Å². The van der Waals surface area contributed by atoms with E-state index in [-0.39, 0.29) is 6.61 Å². The number of carbonyl (C=O) groups excluding carboxylic acids is 3. The number of hydrogen-bond donors (Lipinski definition) is 1. The van der Waals surface area contributed by atoms with Crippen LogP contribution in [0, 0.1) is 0 Å². The van der Waals surface area contributed by atoms with Gasteiger partial charge < -0.3 is 19.2 Å². The zero-order valence-electron chi connectivity index (χ0n) is 17.1. The lowest BCUT2D eigenvalue weighted by Crippen LogP contribution is -2.31. The van der Waals surface area contributed by atoms with Crippen molar-refractivity contribution in [2.75, 3.05) is 11.9 Å². The van der Waals surface area contributed by atoms with E-state index < -0.39 is 23.9 Å². The molecule has 2 aromatic heterocycles. The topological polar surface area (TPSA) is 94.8 Å². The summed E-state index contributed by atoms with van der Waals surface area (Å²) in [5.41, 5.74) is 1.40. The Kier molecular flexibility index (Phi) is 7.46. The number of ether oxygens (including phenoxy) is 2. The van der Waals surface area contributed by atoms with Crippen LogP contribution >= 0.6 is 11.3 Å². The highest BCUT2D eigenvalue weighted by atomic mass is 32.1. The van der Waals surface area contributed by atoms with E-state index in [0.29, 0.717) is 22.7 Å². The average Bonchev–Trinajstić information content (AvgIpc) is 3.37. The molecule has 1 aliphatic rings. The molecule has 30 heavy (non-hydrogen) atoms. The van der Waals surface area contributed by atoms with Gasteiger partial charge in [0.25, 0.3) is 5.91 Å². The Balaban J connectivity index is 1.72. The molecule has 1 aliphatic carbocycles. The molecule has 1 amide bonds. The van der Waals surface area contributed by atoms with Crippen LogP contribution in [-0.4, -0.2) is 30.6 Å². The van der Waals surface area contributed by atoms with Crippen LogP contribution < -0.4 is 5.32 Å². The van der Waals surface area contributed by atoms with Crippen molar-refractivity contribution in [3.63, 3.8) is 0 Å².